The summed E-state index contributed by atoms with van der Waals surface area (Å²) in [5, 5.41) is 15.2. The zero-order chi connectivity index (χ0) is 22.8. The van der Waals surface area contributed by atoms with Gasteiger partial charge in [-0.05, 0) is 19.9 Å². The summed E-state index contributed by atoms with van der Waals surface area (Å²) < 4.78 is 19.5. The van der Waals surface area contributed by atoms with Gasteiger partial charge in [-0.15, -0.1) is 0 Å². The molecule has 4 rings (SSSR count). The zero-order valence-electron chi connectivity index (χ0n) is 17.7. The number of hydrogen-bond donors (Lipinski definition) is 0. The Labute approximate surface area is 183 Å². The topological polar surface area (TPSA) is 106 Å². The first-order valence-corrected chi connectivity index (χ1v) is 10.2. The number of nitro benzene ring substituents is 1. The number of nitrogens with zero attached hydrogens (tertiary/aromatic N) is 5. The minimum Gasteiger partial charge on any atom is -0.337 e. The summed E-state index contributed by atoms with van der Waals surface area (Å²) in [5.74, 6) is -0.187. The van der Waals surface area contributed by atoms with Crippen molar-refractivity contribution in [1.82, 2.24) is 19.9 Å². The number of carbonyl (C=O) groups is 1. The lowest BCUT2D eigenvalue weighted by Crippen LogP contribution is -2.49. The lowest BCUT2D eigenvalue weighted by molar-refractivity contribution is -0.385. The molecular formula is C22H22FN5O4. The number of nitro groups is 1. The van der Waals surface area contributed by atoms with Crippen molar-refractivity contribution >= 4 is 11.6 Å². The van der Waals surface area contributed by atoms with Gasteiger partial charge in [-0.25, -0.2) is 4.39 Å². The highest BCUT2D eigenvalue weighted by atomic mass is 19.1. The molecule has 0 saturated carbocycles. The summed E-state index contributed by atoms with van der Waals surface area (Å²) in [6.45, 7) is 5.16. The predicted molar refractivity (Wildman–Crippen MR) is 113 cm³/mol. The largest absolute Gasteiger partial charge is 0.337 e. The molecule has 3 aromatic rings. The van der Waals surface area contributed by atoms with Gasteiger partial charge in [0.15, 0.2) is 0 Å². The number of hydrogen-bond acceptors (Lipinski definition) is 7. The SMILES string of the molecule is Cc1c(F)cc(C(=O)N2CCN(C(C)c3nc(-c4ccccc4)no3)CC2)cc1[N+](=O)[O-]. The minimum atomic E-state index is -0.763. The van der Waals surface area contributed by atoms with Crippen LogP contribution in [0.4, 0.5) is 10.1 Å². The van der Waals surface area contributed by atoms with Crippen LogP contribution in [0.1, 0.15) is 34.8 Å². The van der Waals surface area contributed by atoms with Crippen LogP contribution in [0, 0.1) is 22.9 Å². The van der Waals surface area contributed by atoms with E-state index in [2.05, 4.69) is 15.0 Å². The summed E-state index contributed by atoms with van der Waals surface area (Å²) in [6, 6.07) is 11.6. The van der Waals surface area contributed by atoms with Crippen molar-refractivity contribution in [2.75, 3.05) is 26.2 Å². The van der Waals surface area contributed by atoms with E-state index in [0.717, 1.165) is 17.7 Å². The highest BCUT2D eigenvalue weighted by molar-refractivity contribution is 5.95. The molecule has 0 spiro atoms. The fourth-order valence-corrected chi connectivity index (χ4v) is 3.74. The van der Waals surface area contributed by atoms with Crippen molar-refractivity contribution in [2.45, 2.75) is 19.9 Å². The number of rotatable bonds is 5. The Morgan fingerprint density at radius 1 is 1.19 bits per heavy atom. The van der Waals surface area contributed by atoms with Crippen LogP contribution in [0.2, 0.25) is 0 Å². The molecule has 0 aliphatic carbocycles. The normalized spacial score (nSPS) is 15.5. The highest BCUT2D eigenvalue weighted by Gasteiger charge is 2.29. The van der Waals surface area contributed by atoms with E-state index in [1.807, 2.05) is 37.3 Å². The van der Waals surface area contributed by atoms with E-state index in [9.17, 15) is 19.3 Å². The number of aromatic nitrogens is 2. The van der Waals surface area contributed by atoms with E-state index >= 15 is 0 Å². The first-order chi connectivity index (χ1) is 15.3. The van der Waals surface area contributed by atoms with Gasteiger partial charge in [-0.3, -0.25) is 19.8 Å². The third-order valence-corrected chi connectivity index (χ3v) is 5.74. The second-order valence-electron chi connectivity index (χ2n) is 7.69. The van der Waals surface area contributed by atoms with Gasteiger partial charge in [-0.1, -0.05) is 35.5 Å². The van der Waals surface area contributed by atoms with Crippen molar-refractivity contribution < 1.29 is 18.6 Å². The van der Waals surface area contributed by atoms with Crippen LogP contribution in [-0.2, 0) is 0 Å². The van der Waals surface area contributed by atoms with E-state index in [4.69, 9.17) is 4.52 Å². The van der Waals surface area contributed by atoms with Crippen molar-refractivity contribution in [1.29, 1.82) is 0 Å². The van der Waals surface area contributed by atoms with Crippen molar-refractivity contribution in [3.05, 3.63) is 75.4 Å². The Bertz CT molecular complexity index is 1140. The van der Waals surface area contributed by atoms with E-state index in [1.54, 1.807) is 4.90 Å². The molecule has 1 aromatic heterocycles. The maximum atomic E-state index is 14.1. The van der Waals surface area contributed by atoms with Crippen molar-refractivity contribution in [2.24, 2.45) is 0 Å². The zero-order valence-corrected chi connectivity index (χ0v) is 17.7. The molecular weight excluding hydrogens is 417 g/mol. The van der Waals surface area contributed by atoms with Crippen molar-refractivity contribution in [3.63, 3.8) is 0 Å². The number of amides is 1. The molecule has 1 aliphatic rings. The Hall–Kier alpha value is -3.66. The maximum absolute atomic E-state index is 14.1. The van der Waals surface area contributed by atoms with Crippen molar-refractivity contribution in [3.8, 4) is 11.4 Å². The fraction of sp³-hybridized carbons (Fsp3) is 0.318. The second kappa shape index (κ2) is 8.83. The lowest BCUT2D eigenvalue weighted by atomic mass is 10.1. The van der Waals surface area contributed by atoms with Gasteiger partial charge in [0.25, 0.3) is 11.6 Å². The van der Waals surface area contributed by atoms with Crippen LogP contribution < -0.4 is 0 Å². The maximum Gasteiger partial charge on any atom is 0.276 e. The standard InChI is InChI=1S/C22H22FN5O4/c1-14-18(23)12-17(13-19(14)28(30)31)22(29)27-10-8-26(9-11-27)15(2)21-24-20(25-32-21)16-6-4-3-5-7-16/h3-7,12-13,15H,8-11H2,1-2H3. The molecule has 9 nitrogen and oxygen atoms in total. The van der Waals surface area contributed by atoms with E-state index in [0.29, 0.717) is 37.9 Å². The molecule has 1 amide bonds. The molecule has 10 heteroatoms. The molecule has 1 unspecified atom stereocenters. The molecule has 1 atom stereocenters. The van der Waals surface area contributed by atoms with Gasteiger partial charge in [0.1, 0.15) is 5.82 Å². The fourth-order valence-electron chi connectivity index (χ4n) is 3.74. The lowest BCUT2D eigenvalue weighted by Gasteiger charge is -2.36. The Morgan fingerprint density at radius 2 is 1.88 bits per heavy atom. The number of halogens is 1. The summed E-state index contributed by atoms with van der Waals surface area (Å²) in [6.07, 6.45) is 0. The molecule has 1 fully saturated rings. The average Bonchev–Trinajstić information content (AvgIpc) is 3.30. The van der Waals surface area contributed by atoms with Gasteiger partial charge >= 0.3 is 0 Å². The Morgan fingerprint density at radius 3 is 2.53 bits per heavy atom. The van der Waals surface area contributed by atoms with E-state index in [1.165, 1.54) is 6.92 Å². The summed E-state index contributed by atoms with van der Waals surface area (Å²) in [7, 11) is 0. The average molecular weight is 439 g/mol. The molecule has 2 heterocycles. The van der Waals surface area contributed by atoms with Crippen LogP contribution in [0.5, 0.6) is 0 Å². The van der Waals surface area contributed by atoms with Crippen LogP contribution in [0.25, 0.3) is 11.4 Å². The predicted octanol–water partition coefficient (Wildman–Crippen LogP) is 3.61. The van der Waals surface area contributed by atoms with Crippen LogP contribution in [-0.4, -0.2) is 56.9 Å². The third-order valence-electron chi connectivity index (χ3n) is 5.74. The van der Waals surface area contributed by atoms with E-state index in [-0.39, 0.29) is 17.2 Å². The summed E-state index contributed by atoms with van der Waals surface area (Å²) >= 11 is 0. The number of carbonyl (C=O) groups excluding carboxylic acids is 1. The number of benzene rings is 2. The van der Waals surface area contributed by atoms with Crippen LogP contribution >= 0.6 is 0 Å². The highest BCUT2D eigenvalue weighted by Crippen LogP contribution is 2.26. The Kier molecular flexibility index (Phi) is 5.95. The summed E-state index contributed by atoms with van der Waals surface area (Å²) in [5.41, 5.74) is 0.362. The molecule has 0 bridgehead atoms. The van der Waals surface area contributed by atoms with E-state index < -0.39 is 22.3 Å². The first kappa shape index (κ1) is 21.6. The van der Waals surface area contributed by atoms with Gasteiger partial charge in [0.2, 0.25) is 11.7 Å². The Balaban J connectivity index is 1.42. The van der Waals surface area contributed by atoms with Gasteiger partial charge in [0.05, 0.1) is 16.5 Å². The third kappa shape index (κ3) is 4.22. The molecule has 0 radical (unpaired) electrons. The minimum absolute atomic E-state index is 0.0225. The van der Waals surface area contributed by atoms with Gasteiger partial charge in [-0.2, -0.15) is 4.98 Å². The monoisotopic (exact) mass is 439 g/mol. The van der Waals surface area contributed by atoms with Gasteiger partial charge < -0.3 is 9.42 Å². The number of piperazine rings is 1. The molecule has 32 heavy (non-hydrogen) atoms. The molecule has 0 N–H and O–H groups in total. The van der Waals surface area contributed by atoms with Gasteiger partial charge in [0, 0.05) is 43.4 Å². The molecule has 166 valence electrons. The van der Waals surface area contributed by atoms with Crippen LogP contribution in [0.3, 0.4) is 0 Å². The first-order valence-electron chi connectivity index (χ1n) is 10.2. The molecule has 2 aromatic carbocycles. The quantitative estimate of drug-likeness (QED) is 0.442. The molecule has 1 saturated heterocycles. The second-order valence-corrected chi connectivity index (χ2v) is 7.69. The molecule has 1 aliphatic heterocycles. The summed E-state index contributed by atoms with van der Waals surface area (Å²) in [4.78, 5) is 31.5. The smallest absolute Gasteiger partial charge is 0.276 e. The van der Waals surface area contributed by atoms with Crippen LogP contribution in [0.15, 0.2) is 47.0 Å².